The molecule has 0 radical (unpaired) electrons. The van der Waals surface area contributed by atoms with E-state index in [1.54, 1.807) is 23.8 Å². The van der Waals surface area contributed by atoms with Gasteiger partial charge in [0.2, 0.25) is 29.5 Å². The Morgan fingerprint density at radius 2 is 1.50 bits per heavy atom. The smallest absolute Gasteiger partial charge is 0.328 e. The predicted molar refractivity (Wildman–Crippen MR) is 298 cm³/mol. The summed E-state index contributed by atoms with van der Waals surface area (Å²) >= 11 is 0. The van der Waals surface area contributed by atoms with Crippen molar-refractivity contribution in [2.45, 2.75) is 188 Å². The summed E-state index contributed by atoms with van der Waals surface area (Å²) < 4.78 is 34.1. The monoisotopic (exact) mass is 1100 g/mol. The van der Waals surface area contributed by atoms with E-state index in [1.807, 2.05) is 112 Å². The van der Waals surface area contributed by atoms with Gasteiger partial charge in [-0.1, -0.05) is 106 Å². The molecule has 446 valence electrons. The quantitative estimate of drug-likeness (QED) is 0.0397. The van der Waals surface area contributed by atoms with E-state index < -0.39 is 78.6 Å². The molecule has 0 aliphatic carbocycles. The second-order valence-corrected chi connectivity index (χ2v) is 23.0. The van der Waals surface area contributed by atoms with Crippen molar-refractivity contribution in [3.8, 4) is 0 Å². The molecular formula is C58H100N6O14. The summed E-state index contributed by atoms with van der Waals surface area (Å²) in [5.74, 6) is -3.73. The van der Waals surface area contributed by atoms with E-state index >= 15 is 0 Å². The third-order valence-corrected chi connectivity index (χ3v) is 14.5. The molecular weight excluding hydrogens is 1000 g/mol. The van der Waals surface area contributed by atoms with Crippen LogP contribution in [0.3, 0.4) is 0 Å². The summed E-state index contributed by atoms with van der Waals surface area (Å²) in [6.07, 6.45) is 0.451. The molecule has 1 heterocycles. The van der Waals surface area contributed by atoms with Gasteiger partial charge >= 0.3 is 11.9 Å². The van der Waals surface area contributed by atoms with E-state index in [2.05, 4.69) is 16.0 Å². The summed E-state index contributed by atoms with van der Waals surface area (Å²) in [5.41, 5.74) is 0.704. The molecule has 0 bridgehead atoms. The zero-order chi connectivity index (χ0) is 58.9. The molecule has 1 aliphatic rings. The van der Waals surface area contributed by atoms with Gasteiger partial charge in [-0.2, -0.15) is 0 Å². The van der Waals surface area contributed by atoms with Crippen LogP contribution in [0.2, 0.25) is 0 Å². The third kappa shape index (κ3) is 23.2. The highest BCUT2D eigenvalue weighted by molar-refractivity contribution is 5.90. The highest BCUT2D eigenvalue weighted by atomic mass is 16.7. The lowest BCUT2D eigenvalue weighted by Crippen LogP contribution is -2.59. The number of nitrogens with zero attached hydrogens (tertiary/aromatic N) is 3. The van der Waals surface area contributed by atoms with Gasteiger partial charge in [0.15, 0.2) is 6.29 Å². The fourth-order valence-corrected chi connectivity index (χ4v) is 10.3. The zero-order valence-electron chi connectivity index (χ0n) is 50.1. The average molecular weight is 1110 g/mol. The number of nitrogens with one attached hydrogen (secondary N) is 3. The van der Waals surface area contributed by atoms with Crippen molar-refractivity contribution >= 4 is 41.5 Å². The van der Waals surface area contributed by atoms with Crippen molar-refractivity contribution in [1.82, 2.24) is 30.7 Å². The second kappa shape index (κ2) is 35.1. The first-order valence-electron chi connectivity index (χ1n) is 28.1. The molecule has 2 unspecified atom stereocenters. The van der Waals surface area contributed by atoms with Crippen LogP contribution in [-0.2, 0) is 68.4 Å². The maximum absolute atomic E-state index is 14.5. The summed E-state index contributed by atoms with van der Waals surface area (Å²) in [5, 5.41) is 18.4. The highest BCUT2D eigenvalue weighted by Crippen LogP contribution is 2.30. The lowest BCUT2D eigenvalue weighted by atomic mass is 9.89. The first kappa shape index (κ1) is 69.4. The summed E-state index contributed by atoms with van der Waals surface area (Å²) in [7, 11) is 9.85. The molecule has 11 atom stereocenters. The number of aliphatic hydroxyl groups is 1. The Bertz CT molecular complexity index is 1980. The van der Waals surface area contributed by atoms with Crippen LogP contribution in [0.4, 0.5) is 0 Å². The number of methoxy groups -OCH3 is 3. The molecule has 78 heavy (non-hydrogen) atoms. The van der Waals surface area contributed by atoms with Gasteiger partial charge in [-0.15, -0.1) is 0 Å². The van der Waals surface area contributed by atoms with Gasteiger partial charge < -0.3 is 59.3 Å². The molecule has 0 aromatic heterocycles. The van der Waals surface area contributed by atoms with Crippen LogP contribution in [0.1, 0.15) is 133 Å². The van der Waals surface area contributed by atoms with Crippen molar-refractivity contribution in [3.63, 3.8) is 0 Å². The van der Waals surface area contributed by atoms with Crippen LogP contribution >= 0.6 is 0 Å². The van der Waals surface area contributed by atoms with Crippen LogP contribution in [0.15, 0.2) is 30.3 Å². The van der Waals surface area contributed by atoms with E-state index in [9.17, 15) is 38.7 Å². The molecule has 1 fully saturated rings. The number of carbonyl (C=O) groups excluding carboxylic acids is 7. The van der Waals surface area contributed by atoms with Gasteiger partial charge in [-0.25, -0.2) is 4.79 Å². The highest BCUT2D eigenvalue weighted by Gasteiger charge is 2.44. The predicted octanol–water partition coefficient (Wildman–Crippen LogP) is 4.91. The maximum atomic E-state index is 14.5. The van der Waals surface area contributed by atoms with Crippen LogP contribution in [0.25, 0.3) is 0 Å². The van der Waals surface area contributed by atoms with Crippen molar-refractivity contribution in [2.75, 3.05) is 75.4 Å². The number of hydrogen-bond donors (Lipinski definition) is 4. The number of likely N-dealkylation sites (tertiary alicyclic amines) is 1. The Morgan fingerprint density at radius 3 is 2.05 bits per heavy atom. The minimum atomic E-state index is -1.06. The Morgan fingerprint density at radius 1 is 0.833 bits per heavy atom. The van der Waals surface area contributed by atoms with Crippen molar-refractivity contribution < 1.29 is 67.1 Å². The molecule has 5 amide bonds. The fourth-order valence-electron chi connectivity index (χ4n) is 10.3. The minimum Gasteiger partial charge on any atom is -0.464 e. The van der Waals surface area contributed by atoms with Crippen LogP contribution in [0.5, 0.6) is 0 Å². The van der Waals surface area contributed by atoms with Gasteiger partial charge in [0.25, 0.3) is 0 Å². The third-order valence-electron chi connectivity index (χ3n) is 14.5. The van der Waals surface area contributed by atoms with Crippen molar-refractivity contribution in [2.24, 2.45) is 29.1 Å². The van der Waals surface area contributed by atoms with E-state index in [0.29, 0.717) is 38.6 Å². The average Bonchev–Trinajstić information content (AvgIpc) is 3.87. The standard InChI is InChI=1S/C58H100N6O14/c1-17-39(6)52(63(13)56(71)50(37(2)3)61-55(70)51(38(4)5)62(11)12)45(73-14)33-47(67)64-30-22-26-44(64)53(75-16)40(7)54(69)60-43(32-41-24-19-18-20-25-41)57(72)76-31-23-29-59-46(66)27-21-28-48(68)77-36-49(74-15)78-42(35-65)34-58(8,9)10/h18-20,24-25,37-40,42-45,49-53,65H,17,21-23,26-36H2,1-16H3,(H,59,66)(H,60,69)(H,61,70)/t39-,40+,42?,43-,44-,45+,49?,50-,51-,52-,53+/m0/s1. The number of likely N-dealkylation sites (N-methyl/N-ethyl adjacent to an activating group) is 2. The van der Waals surface area contributed by atoms with Gasteiger partial charge in [0.05, 0.1) is 62.0 Å². The topological polar surface area (TPSA) is 241 Å². The molecule has 1 saturated heterocycles. The number of carbonyl (C=O) groups is 7. The molecule has 20 heteroatoms. The van der Waals surface area contributed by atoms with Crippen LogP contribution in [-0.4, -0.2) is 191 Å². The van der Waals surface area contributed by atoms with Gasteiger partial charge in [0.1, 0.15) is 18.7 Å². The number of aliphatic hydroxyl groups excluding tert-OH is 1. The normalized spacial score (nSPS) is 17.7. The first-order valence-corrected chi connectivity index (χ1v) is 28.1. The van der Waals surface area contributed by atoms with Crippen LogP contribution in [0, 0.1) is 29.1 Å². The number of amides is 5. The molecule has 1 aromatic rings. The van der Waals surface area contributed by atoms with Gasteiger partial charge in [-0.05, 0) is 74.9 Å². The lowest BCUT2D eigenvalue weighted by Gasteiger charge is -2.41. The molecule has 0 saturated carbocycles. The number of benzene rings is 1. The Kier molecular flexibility index (Phi) is 31.2. The number of rotatable bonds is 36. The Hall–Kier alpha value is -4.73. The van der Waals surface area contributed by atoms with E-state index in [-0.39, 0.29) is 105 Å². The van der Waals surface area contributed by atoms with Gasteiger partial charge in [0, 0.05) is 60.7 Å². The largest absolute Gasteiger partial charge is 0.464 e. The van der Waals surface area contributed by atoms with E-state index in [4.69, 9.17) is 28.4 Å². The Balaban J connectivity index is 2.08. The molecule has 20 nitrogen and oxygen atoms in total. The summed E-state index contributed by atoms with van der Waals surface area (Å²) in [6.45, 7) is 19.8. The number of esters is 2. The van der Waals surface area contributed by atoms with Crippen molar-refractivity contribution in [3.05, 3.63) is 35.9 Å². The summed E-state index contributed by atoms with van der Waals surface area (Å²) in [6, 6.07) is 5.92. The zero-order valence-corrected chi connectivity index (χ0v) is 50.1. The number of ether oxygens (including phenoxy) is 6. The van der Waals surface area contributed by atoms with Gasteiger partial charge in [-0.3, -0.25) is 33.7 Å². The van der Waals surface area contributed by atoms with E-state index in [1.165, 1.54) is 21.3 Å². The van der Waals surface area contributed by atoms with Crippen molar-refractivity contribution in [1.29, 1.82) is 0 Å². The molecule has 4 N–H and O–H groups in total. The maximum Gasteiger partial charge on any atom is 0.328 e. The second-order valence-electron chi connectivity index (χ2n) is 23.0. The van der Waals surface area contributed by atoms with Crippen LogP contribution < -0.4 is 16.0 Å². The first-order chi connectivity index (χ1) is 36.7. The minimum absolute atomic E-state index is 0.00102. The van der Waals surface area contributed by atoms with E-state index in [0.717, 1.165) is 5.56 Å². The fraction of sp³-hybridized carbons (Fsp3) is 0.776. The lowest BCUT2D eigenvalue weighted by molar-refractivity contribution is -0.198. The molecule has 1 aliphatic heterocycles. The Labute approximate surface area is 466 Å². The summed E-state index contributed by atoms with van der Waals surface area (Å²) in [4.78, 5) is 100. The molecule has 2 rings (SSSR count). The molecule has 1 aromatic carbocycles. The number of hydrogen-bond acceptors (Lipinski definition) is 15. The SMILES string of the molecule is CC[C@H](C)[C@@H]([C@@H](CC(=O)N1CCC[C@H]1[C@H](OC)[C@@H](C)C(=O)N[C@@H](Cc1ccccc1)C(=O)OCCCNC(=O)CCCC(=O)OCC(OC)OC(CO)CC(C)(C)C)OC)N(C)C(=O)[C@@H](NC(=O)[C@H](C(C)C)N(C)C)C(C)C. The molecule has 0 spiro atoms.